The Morgan fingerprint density at radius 1 is 1.32 bits per heavy atom. The number of benzene rings is 1. The third kappa shape index (κ3) is 2.68. The minimum absolute atomic E-state index is 0. The highest BCUT2D eigenvalue weighted by Gasteiger charge is 2.38. The summed E-state index contributed by atoms with van der Waals surface area (Å²) in [6, 6.07) is 5.29. The van der Waals surface area contributed by atoms with Crippen LogP contribution in [0.5, 0.6) is 0 Å². The van der Waals surface area contributed by atoms with Crippen LogP contribution in [0.25, 0.3) is 11.1 Å². The number of nitrogens with one attached hydrogen (secondary N) is 1. The van der Waals surface area contributed by atoms with Crippen molar-refractivity contribution >= 4 is 46.9 Å². The van der Waals surface area contributed by atoms with Crippen molar-refractivity contribution in [2.75, 3.05) is 7.05 Å². The largest absolute Gasteiger partial charge is 0.417 e. The van der Waals surface area contributed by atoms with Crippen molar-refractivity contribution in [2.45, 2.75) is 47.9 Å². The smallest absolute Gasteiger partial charge is 0.406 e. The van der Waals surface area contributed by atoms with E-state index < -0.39 is 5.76 Å². The number of hydrogen-bond acceptors (Lipinski definition) is 4. The molecule has 2 aromatic rings. The summed E-state index contributed by atoms with van der Waals surface area (Å²) in [4.78, 5) is 17.5. The molecule has 120 valence electrons. The molecule has 3 heterocycles. The lowest BCUT2D eigenvalue weighted by atomic mass is 10.0. The van der Waals surface area contributed by atoms with Crippen LogP contribution in [0.4, 0.5) is 0 Å². The number of oxazole rings is 1. The molecule has 2 bridgehead atoms. The molecule has 2 fully saturated rings. The Hall–Kier alpha value is -0.620. The number of H-pyrrole nitrogens is 1. The zero-order valence-electron chi connectivity index (χ0n) is 12.2. The van der Waals surface area contributed by atoms with Gasteiger partial charge in [0.25, 0.3) is 0 Å². The van der Waals surface area contributed by atoms with Crippen molar-refractivity contribution in [3.8, 4) is 0 Å². The Kier molecular flexibility index (Phi) is 4.52. The van der Waals surface area contributed by atoms with Crippen molar-refractivity contribution in [3.05, 3.63) is 27.7 Å². The normalized spacial score (nSPS) is 28.0. The molecule has 1 N–H and O–H groups in total. The number of piperidine rings is 1. The van der Waals surface area contributed by atoms with E-state index in [1.165, 1.54) is 25.7 Å². The first-order valence-corrected chi connectivity index (χ1v) is 8.57. The van der Waals surface area contributed by atoms with E-state index in [1.807, 2.05) is 23.9 Å². The van der Waals surface area contributed by atoms with Gasteiger partial charge >= 0.3 is 5.76 Å². The summed E-state index contributed by atoms with van der Waals surface area (Å²) < 4.78 is 5.14. The van der Waals surface area contributed by atoms with Crippen molar-refractivity contribution in [1.29, 1.82) is 0 Å². The Bertz CT molecular complexity index is 731. The fraction of sp³-hybridized carbons (Fsp3) is 0.533. The second-order valence-electron chi connectivity index (χ2n) is 6.03. The first-order chi connectivity index (χ1) is 10.1. The summed E-state index contributed by atoms with van der Waals surface area (Å²) in [7, 11) is 2.25. The van der Waals surface area contributed by atoms with Crippen molar-refractivity contribution in [1.82, 2.24) is 9.88 Å². The third-order valence-electron chi connectivity index (χ3n) is 4.84. The van der Waals surface area contributed by atoms with E-state index in [0.29, 0.717) is 33.5 Å². The lowest BCUT2D eigenvalue weighted by Gasteiger charge is -2.36. The van der Waals surface area contributed by atoms with E-state index in [-0.39, 0.29) is 12.4 Å². The molecule has 4 rings (SSSR count). The molecule has 2 saturated heterocycles. The molecule has 22 heavy (non-hydrogen) atoms. The molecule has 2 unspecified atom stereocenters. The molecule has 0 radical (unpaired) electrons. The van der Waals surface area contributed by atoms with Gasteiger partial charge in [0.2, 0.25) is 0 Å². The van der Waals surface area contributed by atoms with E-state index in [0.717, 1.165) is 4.90 Å². The first kappa shape index (κ1) is 16.2. The molecule has 0 spiro atoms. The first-order valence-electron chi connectivity index (χ1n) is 7.31. The molecule has 0 amide bonds. The summed E-state index contributed by atoms with van der Waals surface area (Å²) in [5.41, 5.74) is 1.14. The average molecular weight is 361 g/mol. The molecule has 0 saturated carbocycles. The Labute approximate surface area is 144 Å². The molecular weight excluding hydrogens is 343 g/mol. The zero-order valence-corrected chi connectivity index (χ0v) is 14.6. The van der Waals surface area contributed by atoms with Crippen LogP contribution in [0.3, 0.4) is 0 Å². The molecule has 2 atom stereocenters. The Morgan fingerprint density at radius 3 is 2.68 bits per heavy atom. The van der Waals surface area contributed by atoms with Gasteiger partial charge in [-0.2, -0.15) is 0 Å². The SMILES string of the molecule is CN1C2CCC1CC(Sc1ccc3[nH]c(=O)oc3c1Cl)C2.Cl. The topological polar surface area (TPSA) is 49.2 Å². The van der Waals surface area contributed by atoms with Gasteiger partial charge in [-0.3, -0.25) is 4.98 Å². The fourth-order valence-electron chi connectivity index (χ4n) is 3.69. The van der Waals surface area contributed by atoms with Crippen LogP contribution in [0.2, 0.25) is 5.02 Å². The van der Waals surface area contributed by atoms with Crippen LogP contribution in [-0.2, 0) is 0 Å². The molecule has 2 aliphatic rings. The van der Waals surface area contributed by atoms with Gasteiger partial charge in [-0.15, -0.1) is 24.2 Å². The fourth-order valence-corrected chi connectivity index (χ4v) is 5.37. The summed E-state index contributed by atoms with van der Waals surface area (Å²) in [5, 5.41) is 1.15. The molecule has 2 aliphatic heterocycles. The molecular formula is C15H18Cl2N2O2S. The summed E-state index contributed by atoms with van der Waals surface area (Å²) >= 11 is 8.24. The maximum atomic E-state index is 11.3. The van der Waals surface area contributed by atoms with Gasteiger partial charge in [0.05, 0.1) is 10.5 Å². The molecule has 4 nitrogen and oxygen atoms in total. The number of nitrogens with zero attached hydrogens (tertiary/aromatic N) is 1. The Morgan fingerprint density at radius 2 is 2.00 bits per heavy atom. The summed E-state index contributed by atoms with van der Waals surface area (Å²) in [6.45, 7) is 0. The minimum Gasteiger partial charge on any atom is -0.406 e. The Balaban J connectivity index is 0.00000144. The minimum atomic E-state index is -0.452. The predicted octanol–water partition coefficient (Wildman–Crippen LogP) is 3.91. The van der Waals surface area contributed by atoms with E-state index >= 15 is 0 Å². The highest BCUT2D eigenvalue weighted by Crippen LogP contribution is 2.43. The van der Waals surface area contributed by atoms with E-state index in [9.17, 15) is 4.79 Å². The zero-order chi connectivity index (χ0) is 14.6. The van der Waals surface area contributed by atoms with Crippen LogP contribution in [-0.4, -0.2) is 34.3 Å². The third-order valence-corrected chi connectivity index (χ3v) is 6.64. The van der Waals surface area contributed by atoms with Gasteiger partial charge in [-0.1, -0.05) is 11.6 Å². The summed E-state index contributed by atoms with van der Waals surface area (Å²) in [6.07, 6.45) is 5.06. The second kappa shape index (κ2) is 6.11. The average Bonchev–Trinajstić information content (AvgIpc) is 2.90. The number of halogens is 2. The highest BCUT2D eigenvalue weighted by atomic mass is 35.5. The monoisotopic (exact) mass is 360 g/mol. The van der Waals surface area contributed by atoms with Gasteiger partial charge in [0, 0.05) is 22.2 Å². The van der Waals surface area contributed by atoms with Crippen LogP contribution >= 0.6 is 35.8 Å². The van der Waals surface area contributed by atoms with Crippen molar-refractivity contribution in [2.24, 2.45) is 0 Å². The van der Waals surface area contributed by atoms with Crippen LogP contribution < -0.4 is 5.76 Å². The maximum Gasteiger partial charge on any atom is 0.417 e. The number of hydrogen-bond donors (Lipinski definition) is 1. The van der Waals surface area contributed by atoms with Gasteiger partial charge in [0.15, 0.2) is 5.58 Å². The highest BCUT2D eigenvalue weighted by molar-refractivity contribution is 8.00. The predicted molar refractivity (Wildman–Crippen MR) is 92.5 cm³/mol. The van der Waals surface area contributed by atoms with Gasteiger partial charge in [-0.25, -0.2) is 4.79 Å². The van der Waals surface area contributed by atoms with Crippen LogP contribution in [0.15, 0.2) is 26.2 Å². The lowest BCUT2D eigenvalue weighted by Crippen LogP contribution is -2.40. The number of rotatable bonds is 2. The quantitative estimate of drug-likeness (QED) is 0.881. The standard InChI is InChI=1S/C15H17ClN2O2S.ClH/c1-18-8-2-3-9(18)7-10(6-8)21-12-5-4-11-14(13(12)16)20-15(19)17-11;/h4-5,8-10H,2-3,6-7H2,1H3,(H,17,19);1H. The number of aromatic amines is 1. The number of fused-ring (bicyclic) bond motifs is 3. The van der Waals surface area contributed by atoms with E-state index in [4.69, 9.17) is 16.0 Å². The van der Waals surface area contributed by atoms with Crippen molar-refractivity contribution < 1.29 is 4.42 Å². The molecule has 1 aromatic heterocycles. The molecule has 7 heteroatoms. The van der Waals surface area contributed by atoms with Crippen LogP contribution in [0.1, 0.15) is 25.7 Å². The van der Waals surface area contributed by atoms with Crippen LogP contribution in [0, 0.1) is 0 Å². The molecule has 0 aliphatic carbocycles. The van der Waals surface area contributed by atoms with Gasteiger partial charge in [-0.05, 0) is 44.9 Å². The second-order valence-corrected chi connectivity index (χ2v) is 7.75. The molecule has 1 aromatic carbocycles. The van der Waals surface area contributed by atoms with Crippen molar-refractivity contribution in [3.63, 3.8) is 0 Å². The lowest BCUT2D eigenvalue weighted by molar-refractivity contribution is 0.183. The number of aromatic nitrogens is 1. The number of thioether (sulfide) groups is 1. The summed E-state index contributed by atoms with van der Waals surface area (Å²) in [5.74, 6) is -0.452. The van der Waals surface area contributed by atoms with E-state index in [2.05, 4.69) is 16.9 Å². The van der Waals surface area contributed by atoms with E-state index in [1.54, 1.807) is 0 Å². The maximum absolute atomic E-state index is 11.3. The van der Waals surface area contributed by atoms with Gasteiger partial charge < -0.3 is 9.32 Å². The van der Waals surface area contributed by atoms with Gasteiger partial charge in [0.1, 0.15) is 0 Å².